The van der Waals surface area contributed by atoms with E-state index in [9.17, 15) is 13.2 Å². The van der Waals surface area contributed by atoms with Crippen molar-refractivity contribution in [2.45, 2.75) is 12.8 Å². The van der Waals surface area contributed by atoms with Gasteiger partial charge in [-0.05, 0) is 18.4 Å². The van der Waals surface area contributed by atoms with E-state index < -0.39 is 21.9 Å². The average molecular weight is 283 g/mol. The predicted octanol–water partition coefficient (Wildman–Crippen LogP) is 0.965. The summed E-state index contributed by atoms with van der Waals surface area (Å²) < 4.78 is 25.5. The van der Waals surface area contributed by atoms with Crippen molar-refractivity contribution in [1.82, 2.24) is 4.31 Å². The largest absolute Gasteiger partial charge is 0.481 e. The molecule has 1 aliphatic rings. The van der Waals surface area contributed by atoms with E-state index in [1.165, 1.54) is 4.31 Å². The molecule has 0 bridgehead atoms. The summed E-state index contributed by atoms with van der Waals surface area (Å²) in [6, 6.07) is 9.41. The summed E-state index contributed by atoms with van der Waals surface area (Å²) in [5.41, 5.74) is 0.972. The van der Waals surface area contributed by atoms with Crippen LogP contribution in [0.4, 0.5) is 0 Å². The topological polar surface area (TPSA) is 74.7 Å². The van der Waals surface area contributed by atoms with E-state index in [-0.39, 0.29) is 12.3 Å². The molecule has 0 radical (unpaired) electrons. The minimum Gasteiger partial charge on any atom is -0.481 e. The molecule has 2 rings (SSSR count). The third-order valence-corrected chi connectivity index (χ3v) is 5.22. The zero-order chi connectivity index (χ0) is 13.9. The van der Waals surface area contributed by atoms with Crippen LogP contribution in [0.2, 0.25) is 0 Å². The Bertz CT molecular complexity index is 541. The van der Waals surface area contributed by atoms with Crippen molar-refractivity contribution in [3.8, 4) is 0 Å². The van der Waals surface area contributed by atoms with Crippen LogP contribution in [0.5, 0.6) is 0 Å². The molecule has 0 amide bonds. The lowest BCUT2D eigenvalue weighted by Gasteiger charge is -2.15. The number of hydrogen-bond donors (Lipinski definition) is 1. The first-order valence-electron chi connectivity index (χ1n) is 6.23. The Hall–Kier alpha value is -1.40. The molecule has 104 valence electrons. The van der Waals surface area contributed by atoms with Crippen LogP contribution in [0.1, 0.15) is 12.0 Å². The van der Waals surface area contributed by atoms with Gasteiger partial charge in [0.1, 0.15) is 0 Å². The van der Waals surface area contributed by atoms with Gasteiger partial charge in [-0.3, -0.25) is 4.79 Å². The third-order valence-electron chi connectivity index (χ3n) is 3.39. The first kappa shape index (κ1) is 14.0. The van der Waals surface area contributed by atoms with Gasteiger partial charge in [0.05, 0.1) is 11.7 Å². The third kappa shape index (κ3) is 3.54. The summed E-state index contributed by atoms with van der Waals surface area (Å²) in [5, 5.41) is 8.88. The SMILES string of the molecule is O=C(O)[C@H]1CCN(S(=O)(=O)CCc2ccccc2)C1. The maximum atomic E-state index is 12.1. The number of carbonyl (C=O) groups is 1. The summed E-state index contributed by atoms with van der Waals surface area (Å²) >= 11 is 0. The Balaban J connectivity index is 1.94. The maximum absolute atomic E-state index is 12.1. The van der Waals surface area contributed by atoms with E-state index in [1.807, 2.05) is 30.3 Å². The molecule has 1 aromatic carbocycles. The second kappa shape index (κ2) is 5.71. The van der Waals surface area contributed by atoms with Gasteiger partial charge in [-0.2, -0.15) is 0 Å². The maximum Gasteiger partial charge on any atom is 0.307 e. The molecule has 1 atom stereocenters. The lowest BCUT2D eigenvalue weighted by molar-refractivity contribution is -0.141. The van der Waals surface area contributed by atoms with E-state index in [4.69, 9.17) is 5.11 Å². The quantitative estimate of drug-likeness (QED) is 0.873. The first-order chi connectivity index (χ1) is 8.99. The smallest absolute Gasteiger partial charge is 0.307 e. The zero-order valence-corrected chi connectivity index (χ0v) is 11.3. The Labute approximate surface area is 112 Å². The van der Waals surface area contributed by atoms with Crippen LogP contribution in [0.3, 0.4) is 0 Å². The van der Waals surface area contributed by atoms with E-state index in [0.717, 1.165) is 5.56 Å². The Kier molecular flexibility index (Phi) is 4.21. The number of hydrogen-bond acceptors (Lipinski definition) is 3. The molecular weight excluding hydrogens is 266 g/mol. The molecular formula is C13H17NO4S. The van der Waals surface area contributed by atoms with Gasteiger partial charge in [0.2, 0.25) is 10.0 Å². The molecule has 1 aromatic rings. The molecule has 6 heteroatoms. The second-order valence-electron chi connectivity index (χ2n) is 4.73. The highest BCUT2D eigenvalue weighted by Gasteiger charge is 2.34. The number of benzene rings is 1. The fourth-order valence-corrected chi connectivity index (χ4v) is 3.75. The molecule has 1 heterocycles. The van der Waals surface area contributed by atoms with Gasteiger partial charge in [0.25, 0.3) is 0 Å². The summed E-state index contributed by atoms with van der Waals surface area (Å²) in [6.07, 6.45) is 0.858. The van der Waals surface area contributed by atoms with E-state index in [0.29, 0.717) is 19.4 Å². The molecule has 0 saturated carbocycles. The van der Waals surface area contributed by atoms with Crippen molar-refractivity contribution >= 4 is 16.0 Å². The van der Waals surface area contributed by atoms with Gasteiger partial charge >= 0.3 is 5.97 Å². The summed E-state index contributed by atoms with van der Waals surface area (Å²) in [5.74, 6) is -1.45. The van der Waals surface area contributed by atoms with Gasteiger partial charge < -0.3 is 5.11 Å². The van der Waals surface area contributed by atoms with Gasteiger partial charge in [-0.15, -0.1) is 0 Å². The van der Waals surface area contributed by atoms with Crippen molar-refractivity contribution in [3.05, 3.63) is 35.9 Å². The molecule has 1 N–H and O–H groups in total. The van der Waals surface area contributed by atoms with Crippen LogP contribution in [0, 0.1) is 5.92 Å². The van der Waals surface area contributed by atoms with Gasteiger partial charge in [-0.1, -0.05) is 30.3 Å². The lowest BCUT2D eigenvalue weighted by atomic mass is 10.1. The molecule has 0 unspecified atom stereocenters. The number of carboxylic acids is 1. The van der Waals surface area contributed by atoms with Gasteiger partial charge in [-0.25, -0.2) is 12.7 Å². The molecule has 5 nitrogen and oxygen atoms in total. The van der Waals surface area contributed by atoms with Crippen LogP contribution in [-0.4, -0.2) is 42.6 Å². The number of aryl methyl sites for hydroxylation is 1. The molecule has 1 saturated heterocycles. The summed E-state index contributed by atoms with van der Waals surface area (Å²) in [4.78, 5) is 10.8. The Morgan fingerprint density at radius 3 is 2.58 bits per heavy atom. The molecule has 0 aliphatic carbocycles. The highest BCUT2D eigenvalue weighted by atomic mass is 32.2. The van der Waals surface area contributed by atoms with Crippen LogP contribution in [-0.2, 0) is 21.2 Å². The molecule has 1 fully saturated rings. The monoisotopic (exact) mass is 283 g/mol. The molecule has 0 spiro atoms. The lowest BCUT2D eigenvalue weighted by Crippen LogP contribution is -2.32. The summed E-state index contributed by atoms with van der Waals surface area (Å²) in [6.45, 7) is 0.417. The van der Waals surface area contributed by atoms with Crippen LogP contribution < -0.4 is 0 Å². The molecule has 1 aliphatic heterocycles. The predicted molar refractivity (Wildman–Crippen MR) is 71.2 cm³/mol. The van der Waals surface area contributed by atoms with Crippen molar-refractivity contribution < 1.29 is 18.3 Å². The standard InChI is InChI=1S/C13H17NO4S/c15-13(16)12-6-8-14(10-12)19(17,18)9-7-11-4-2-1-3-5-11/h1-5,12H,6-10H2,(H,15,16)/t12-/m0/s1. The van der Waals surface area contributed by atoms with Crippen LogP contribution >= 0.6 is 0 Å². The van der Waals surface area contributed by atoms with E-state index >= 15 is 0 Å². The number of carboxylic acid groups (broad SMARTS) is 1. The fourth-order valence-electron chi connectivity index (χ4n) is 2.20. The average Bonchev–Trinajstić information content (AvgIpc) is 2.88. The van der Waals surface area contributed by atoms with Crippen molar-refractivity contribution in [1.29, 1.82) is 0 Å². The number of nitrogens with zero attached hydrogens (tertiary/aromatic N) is 1. The fraction of sp³-hybridized carbons (Fsp3) is 0.462. The normalized spacial score (nSPS) is 20.5. The highest BCUT2D eigenvalue weighted by molar-refractivity contribution is 7.89. The molecule has 0 aromatic heterocycles. The van der Waals surface area contributed by atoms with Crippen molar-refractivity contribution in [2.24, 2.45) is 5.92 Å². The van der Waals surface area contributed by atoms with Crippen molar-refractivity contribution in [3.63, 3.8) is 0 Å². The number of rotatable bonds is 5. The van der Waals surface area contributed by atoms with Crippen LogP contribution in [0.15, 0.2) is 30.3 Å². The Morgan fingerprint density at radius 2 is 2.00 bits per heavy atom. The molecule has 19 heavy (non-hydrogen) atoms. The Morgan fingerprint density at radius 1 is 1.32 bits per heavy atom. The summed E-state index contributed by atoms with van der Waals surface area (Å²) in [7, 11) is -3.35. The minimum absolute atomic E-state index is 0.0311. The minimum atomic E-state index is -3.35. The van der Waals surface area contributed by atoms with Gasteiger partial charge in [0, 0.05) is 13.1 Å². The van der Waals surface area contributed by atoms with E-state index in [2.05, 4.69) is 0 Å². The highest BCUT2D eigenvalue weighted by Crippen LogP contribution is 2.20. The number of sulfonamides is 1. The number of aliphatic carboxylic acids is 1. The van der Waals surface area contributed by atoms with Crippen molar-refractivity contribution in [2.75, 3.05) is 18.8 Å². The first-order valence-corrected chi connectivity index (χ1v) is 7.84. The van der Waals surface area contributed by atoms with E-state index in [1.54, 1.807) is 0 Å². The van der Waals surface area contributed by atoms with Crippen LogP contribution in [0.25, 0.3) is 0 Å². The van der Waals surface area contributed by atoms with Gasteiger partial charge in [0.15, 0.2) is 0 Å². The second-order valence-corrected chi connectivity index (χ2v) is 6.82. The zero-order valence-electron chi connectivity index (χ0n) is 10.5.